The van der Waals surface area contributed by atoms with E-state index in [1.54, 1.807) is 5.38 Å². The predicted octanol–water partition coefficient (Wildman–Crippen LogP) is 1.68. The van der Waals surface area contributed by atoms with E-state index in [0.717, 1.165) is 10.7 Å². The molecule has 0 saturated heterocycles. The van der Waals surface area contributed by atoms with Crippen LogP contribution in [0, 0.1) is 0 Å². The number of nitrogens with one attached hydrogen (secondary N) is 2. The maximum absolute atomic E-state index is 11.3. The summed E-state index contributed by atoms with van der Waals surface area (Å²) >= 11 is 4.72. The topological polar surface area (TPSA) is 75.3 Å². The molecule has 0 unspecified atom stereocenters. The summed E-state index contributed by atoms with van der Waals surface area (Å²) < 4.78 is 22.4. The van der Waals surface area contributed by atoms with E-state index >= 15 is 0 Å². The van der Waals surface area contributed by atoms with E-state index in [9.17, 15) is 13.2 Å². The summed E-state index contributed by atoms with van der Waals surface area (Å²) in [5.74, 6) is -0.0643. The van der Waals surface area contributed by atoms with Gasteiger partial charge in [-0.15, -0.1) is 11.3 Å². The quantitative estimate of drug-likeness (QED) is 0.883. The second-order valence-corrected chi connectivity index (χ2v) is 7.00. The van der Waals surface area contributed by atoms with Crippen LogP contribution >= 0.6 is 27.3 Å². The van der Waals surface area contributed by atoms with E-state index < -0.39 is 15.9 Å². The third kappa shape index (κ3) is 4.95. The van der Waals surface area contributed by atoms with Crippen LogP contribution in [-0.2, 0) is 9.84 Å². The summed E-state index contributed by atoms with van der Waals surface area (Å²) in [6.45, 7) is 0.104. The number of thiophene rings is 1. The maximum Gasteiger partial charge on any atom is 0.319 e. The predicted molar refractivity (Wildman–Crippen MR) is 68.8 cm³/mol. The molecule has 0 saturated carbocycles. The zero-order chi connectivity index (χ0) is 12.2. The average molecular weight is 327 g/mol. The van der Waals surface area contributed by atoms with E-state index in [1.165, 1.54) is 11.3 Å². The molecule has 1 heterocycles. The first-order chi connectivity index (χ1) is 7.38. The van der Waals surface area contributed by atoms with Crippen LogP contribution in [0.25, 0.3) is 0 Å². The zero-order valence-corrected chi connectivity index (χ0v) is 11.7. The number of amides is 2. The first-order valence-electron chi connectivity index (χ1n) is 4.33. The SMILES string of the molecule is CS(=O)(=O)CCNC(=O)Nc1cscc1Br. The van der Waals surface area contributed by atoms with Crippen molar-refractivity contribution in [1.29, 1.82) is 0 Å². The molecule has 90 valence electrons. The number of carbonyl (C=O) groups excluding carboxylic acids is 1. The highest BCUT2D eigenvalue weighted by Crippen LogP contribution is 2.26. The van der Waals surface area contributed by atoms with Crippen LogP contribution in [0.1, 0.15) is 0 Å². The van der Waals surface area contributed by atoms with Gasteiger partial charge in [0, 0.05) is 23.6 Å². The average Bonchev–Trinajstić information content (AvgIpc) is 2.49. The van der Waals surface area contributed by atoms with Crippen molar-refractivity contribution < 1.29 is 13.2 Å². The maximum atomic E-state index is 11.3. The van der Waals surface area contributed by atoms with Gasteiger partial charge in [0.25, 0.3) is 0 Å². The van der Waals surface area contributed by atoms with Gasteiger partial charge in [-0.2, -0.15) is 0 Å². The Morgan fingerprint density at radius 1 is 1.50 bits per heavy atom. The number of rotatable bonds is 4. The molecular formula is C8H11BrN2O3S2. The van der Waals surface area contributed by atoms with Crippen molar-refractivity contribution in [2.75, 3.05) is 23.9 Å². The molecule has 0 spiro atoms. The van der Waals surface area contributed by atoms with Crippen molar-refractivity contribution in [3.8, 4) is 0 Å². The van der Waals surface area contributed by atoms with E-state index in [2.05, 4.69) is 26.6 Å². The highest BCUT2D eigenvalue weighted by Gasteiger charge is 2.07. The number of halogens is 1. The van der Waals surface area contributed by atoms with Gasteiger partial charge in [-0.05, 0) is 15.9 Å². The van der Waals surface area contributed by atoms with E-state index in [-0.39, 0.29) is 12.3 Å². The number of sulfone groups is 1. The van der Waals surface area contributed by atoms with Gasteiger partial charge in [-0.25, -0.2) is 13.2 Å². The van der Waals surface area contributed by atoms with Gasteiger partial charge < -0.3 is 10.6 Å². The van der Waals surface area contributed by atoms with E-state index in [0.29, 0.717) is 5.69 Å². The molecule has 8 heteroatoms. The van der Waals surface area contributed by atoms with Crippen LogP contribution in [0.5, 0.6) is 0 Å². The van der Waals surface area contributed by atoms with E-state index in [4.69, 9.17) is 0 Å². The van der Waals surface area contributed by atoms with Gasteiger partial charge >= 0.3 is 6.03 Å². The zero-order valence-electron chi connectivity index (χ0n) is 8.49. The Kier molecular flexibility index (Phi) is 4.75. The first kappa shape index (κ1) is 13.5. The lowest BCUT2D eigenvalue weighted by Crippen LogP contribution is -2.32. The van der Waals surface area contributed by atoms with Crippen molar-refractivity contribution in [1.82, 2.24) is 5.32 Å². The smallest absolute Gasteiger partial charge is 0.319 e. The molecule has 1 rings (SSSR count). The molecular weight excluding hydrogens is 316 g/mol. The Morgan fingerprint density at radius 2 is 2.19 bits per heavy atom. The summed E-state index contributed by atoms with van der Waals surface area (Å²) in [5, 5.41) is 8.67. The molecule has 0 radical (unpaired) electrons. The number of carbonyl (C=O) groups is 1. The molecule has 0 aliphatic rings. The lowest BCUT2D eigenvalue weighted by atomic mass is 10.5. The lowest BCUT2D eigenvalue weighted by Gasteiger charge is -2.05. The highest BCUT2D eigenvalue weighted by molar-refractivity contribution is 9.10. The molecule has 1 aromatic rings. The highest BCUT2D eigenvalue weighted by atomic mass is 79.9. The van der Waals surface area contributed by atoms with Crippen LogP contribution in [0.2, 0.25) is 0 Å². The summed E-state index contributed by atoms with van der Waals surface area (Å²) in [6.07, 6.45) is 1.13. The van der Waals surface area contributed by atoms with Gasteiger partial charge in [-0.1, -0.05) is 0 Å². The van der Waals surface area contributed by atoms with Crippen molar-refractivity contribution in [3.05, 3.63) is 15.2 Å². The minimum atomic E-state index is -3.04. The molecule has 0 aromatic carbocycles. The van der Waals surface area contributed by atoms with Crippen LogP contribution in [0.15, 0.2) is 15.2 Å². The summed E-state index contributed by atoms with van der Waals surface area (Å²) in [5.41, 5.74) is 0.668. The van der Waals surface area contributed by atoms with Crippen molar-refractivity contribution in [3.63, 3.8) is 0 Å². The largest absolute Gasteiger partial charge is 0.337 e. The van der Waals surface area contributed by atoms with Gasteiger partial charge in [0.05, 0.1) is 15.9 Å². The molecule has 5 nitrogen and oxygen atoms in total. The first-order valence-corrected chi connectivity index (χ1v) is 8.12. The summed E-state index contributed by atoms with van der Waals surface area (Å²) in [4.78, 5) is 11.3. The van der Waals surface area contributed by atoms with Crippen molar-refractivity contribution in [2.45, 2.75) is 0 Å². The minimum Gasteiger partial charge on any atom is -0.337 e. The molecule has 0 aliphatic heterocycles. The Hall–Kier alpha value is -0.600. The van der Waals surface area contributed by atoms with E-state index in [1.807, 2.05) is 5.38 Å². The Morgan fingerprint density at radius 3 is 2.69 bits per heavy atom. The number of anilines is 1. The molecule has 2 N–H and O–H groups in total. The second kappa shape index (κ2) is 5.65. The Labute approximate surface area is 106 Å². The second-order valence-electron chi connectivity index (χ2n) is 3.14. The van der Waals surface area contributed by atoms with Gasteiger partial charge in [0.15, 0.2) is 0 Å². The molecule has 2 amide bonds. The van der Waals surface area contributed by atoms with Crippen LogP contribution in [-0.4, -0.2) is 33.0 Å². The Bertz CT molecular complexity index is 469. The molecule has 16 heavy (non-hydrogen) atoms. The lowest BCUT2D eigenvalue weighted by molar-refractivity contribution is 0.252. The summed E-state index contributed by atoms with van der Waals surface area (Å²) in [6, 6.07) is -0.414. The molecule has 0 bridgehead atoms. The minimum absolute atomic E-state index is 0.0643. The monoisotopic (exact) mass is 326 g/mol. The standard InChI is InChI=1S/C8H11BrN2O3S2/c1-16(13,14)3-2-10-8(12)11-7-5-15-4-6(7)9/h4-5H,2-3H2,1H3,(H2,10,11,12). The van der Waals surface area contributed by atoms with Crippen LogP contribution in [0.3, 0.4) is 0 Å². The molecule has 0 aliphatic carbocycles. The van der Waals surface area contributed by atoms with Crippen LogP contribution in [0.4, 0.5) is 10.5 Å². The van der Waals surface area contributed by atoms with Gasteiger partial charge in [0.2, 0.25) is 0 Å². The van der Waals surface area contributed by atoms with Crippen LogP contribution < -0.4 is 10.6 Å². The fourth-order valence-corrected chi connectivity index (χ4v) is 2.69. The third-order valence-electron chi connectivity index (χ3n) is 1.62. The summed E-state index contributed by atoms with van der Waals surface area (Å²) in [7, 11) is -3.04. The number of urea groups is 1. The molecule has 0 atom stereocenters. The van der Waals surface area contributed by atoms with Gasteiger partial charge in [-0.3, -0.25) is 0 Å². The fraction of sp³-hybridized carbons (Fsp3) is 0.375. The number of hydrogen-bond acceptors (Lipinski definition) is 4. The number of hydrogen-bond donors (Lipinski definition) is 2. The fourth-order valence-electron chi connectivity index (χ4n) is 0.887. The molecule has 0 fully saturated rings. The molecule has 1 aromatic heterocycles. The van der Waals surface area contributed by atoms with Crippen molar-refractivity contribution >= 4 is 48.8 Å². The Balaban J connectivity index is 2.35. The van der Waals surface area contributed by atoms with Crippen molar-refractivity contribution in [2.24, 2.45) is 0 Å². The normalized spacial score (nSPS) is 11.1. The van der Waals surface area contributed by atoms with Gasteiger partial charge in [0.1, 0.15) is 9.84 Å². The third-order valence-corrected chi connectivity index (χ3v) is 4.27.